The molecule has 0 aromatic heterocycles. The summed E-state index contributed by atoms with van der Waals surface area (Å²) in [4.78, 5) is 0. The molecule has 1 nitrogen and oxygen atoms in total. The van der Waals surface area contributed by atoms with E-state index in [0.29, 0.717) is 6.04 Å². The second kappa shape index (κ2) is 5.22. The fraction of sp³-hybridized carbons (Fsp3) is 0.400. The number of rotatable bonds is 2. The highest BCUT2D eigenvalue weighted by molar-refractivity contribution is 5.60. The number of aryl methyl sites for hydroxylation is 1. The molecule has 0 bridgehead atoms. The molecule has 0 amide bonds. The molecule has 21 heavy (non-hydrogen) atoms. The Morgan fingerprint density at radius 3 is 2.38 bits per heavy atom. The molecule has 2 aromatic carbocycles. The lowest BCUT2D eigenvalue weighted by Gasteiger charge is -2.19. The molecule has 0 saturated heterocycles. The fourth-order valence-electron chi connectivity index (χ4n) is 3.02. The Bertz CT molecular complexity index is 632. The van der Waals surface area contributed by atoms with E-state index in [0.717, 1.165) is 12.8 Å². The molecule has 1 heterocycles. The van der Waals surface area contributed by atoms with Gasteiger partial charge in [-0.15, -0.1) is 0 Å². The van der Waals surface area contributed by atoms with Gasteiger partial charge in [0.05, 0.1) is 6.04 Å². The van der Waals surface area contributed by atoms with Crippen LogP contribution in [0, 0.1) is 0 Å². The van der Waals surface area contributed by atoms with Crippen LogP contribution in [0.4, 0.5) is 5.69 Å². The predicted molar refractivity (Wildman–Crippen MR) is 91.0 cm³/mol. The van der Waals surface area contributed by atoms with Crippen LogP contribution in [0.2, 0.25) is 0 Å². The number of hydrogen-bond donors (Lipinski definition) is 1. The Hall–Kier alpha value is -1.76. The summed E-state index contributed by atoms with van der Waals surface area (Å²) in [6.45, 7) is 9.03. The van der Waals surface area contributed by atoms with Gasteiger partial charge < -0.3 is 5.32 Å². The predicted octanol–water partition coefficient (Wildman–Crippen LogP) is 5.26. The van der Waals surface area contributed by atoms with E-state index in [1.807, 2.05) is 0 Å². The van der Waals surface area contributed by atoms with Crippen LogP contribution in [-0.2, 0) is 18.3 Å². The van der Waals surface area contributed by atoms with E-state index in [-0.39, 0.29) is 5.41 Å². The Morgan fingerprint density at radius 2 is 1.76 bits per heavy atom. The monoisotopic (exact) mass is 279 g/mol. The molecule has 0 fully saturated rings. The molecule has 1 atom stereocenters. The Morgan fingerprint density at radius 1 is 1.05 bits per heavy atom. The molecular formula is C20H25N. The highest BCUT2D eigenvalue weighted by atomic mass is 14.9. The van der Waals surface area contributed by atoms with Gasteiger partial charge in [-0.3, -0.25) is 0 Å². The van der Waals surface area contributed by atoms with E-state index in [2.05, 4.69) is 75.5 Å². The zero-order chi connectivity index (χ0) is 15.0. The number of nitrogens with one attached hydrogen (secondary N) is 1. The number of fused-ring (bicyclic) bond motifs is 1. The summed E-state index contributed by atoms with van der Waals surface area (Å²) in [6, 6.07) is 16.3. The molecule has 1 N–H and O–H groups in total. The largest absolute Gasteiger partial charge is 0.378 e. The third-order valence-corrected chi connectivity index (χ3v) is 4.52. The first-order chi connectivity index (χ1) is 9.97. The lowest BCUT2D eigenvalue weighted by Crippen LogP contribution is -2.10. The van der Waals surface area contributed by atoms with Crippen LogP contribution in [0.15, 0.2) is 42.5 Å². The quantitative estimate of drug-likeness (QED) is 0.791. The van der Waals surface area contributed by atoms with E-state index >= 15 is 0 Å². The van der Waals surface area contributed by atoms with Gasteiger partial charge in [0.1, 0.15) is 0 Å². The van der Waals surface area contributed by atoms with Crippen molar-refractivity contribution in [3.8, 4) is 0 Å². The highest BCUT2D eigenvalue weighted by Crippen LogP contribution is 2.36. The van der Waals surface area contributed by atoms with E-state index in [1.165, 1.54) is 27.9 Å². The average molecular weight is 279 g/mol. The van der Waals surface area contributed by atoms with Crippen molar-refractivity contribution >= 4 is 5.69 Å². The molecule has 0 aliphatic carbocycles. The Labute approximate surface area is 128 Å². The molecule has 1 unspecified atom stereocenters. The standard InChI is InChI=1S/C20H25N/c1-5-14-6-8-15(9-7-14)19-13-16-12-17(20(2,3)4)10-11-18(16)21-19/h6-12,19,21H,5,13H2,1-4H3. The lowest BCUT2D eigenvalue weighted by molar-refractivity contribution is 0.589. The fourth-order valence-corrected chi connectivity index (χ4v) is 3.02. The van der Waals surface area contributed by atoms with Crippen LogP contribution in [0.3, 0.4) is 0 Å². The van der Waals surface area contributed by atoms with Crippen molar-refractivity contribution in [3.63, 3.8) is 0 Å². The van der Waals surface area contributed by atoms with Crippen LogP contribution < -0.4 is 5.32 Å². The second-order valence-corrected chi connectivity index (χ2v) is 7.12. The zero-order valence-electron chi connectivity index (χ0n) is 13.5. The molecular weight excluding hydrogens is 254 g/mol. The highest BCUT2D eigenvalue weighted by Gasteiger charge is 2.24. The van der Waals surface area contributed by atoms with Gasteiger partial charge in [0.25, 0.3) is 0 Å². The smallest absolute Gasteiger partial charge is 0.0555 e. The lowest BCUT2D eigenvalue weighted by atomic mass is 9.85. The second-order valence-electron chi connectivity index (χ2n) is 7.12. The average Bonchev–Trinajstić information content (AvgIpc) is 2.89. The summed E-state index contributed by atoms with van der Waals surface area (Å²) in [6.07, 6.45) is 2.19. The molecule has 3 rings (SSSR count). The maximum atomic E-state index is 3.67. The summed E-state index contributed by atoms with van der Waals surface area (Å²) in [5.41, 5.74) is 7.19. The summed E-state index contributed by atoms with van der Waals surface area (Å²) < 4.78 is 0. The van der Waals surface area contributed by atoms with E-state index < -0.39 is 0 Å². The van der Waals surface area contributed by atoms with E-state index in [9.17, 15) is 0 Å². The molecule has 0 saturated carbocycles. The minimum atomic E-state index is 0.218. The topological polar surface area (TPSA) is 12.0 Å². The van der Waals surface area contributed by atoms with Crippen LogP contribution in [-0.4, -0.2) is 0 Å². The number of benzene rings is 2. The zero-order valence-corrected chi connectivity index (χ0v) is 13.5. The Kier molecular flexibility index (Phi) is 3.52. The molecule has 110 valence electrons. The third kappa shape index (κ3) is 2.83. The molecule has 0 radical (unpaired) electrons. The molecule has 0 spiro atoms. The van der Waals surface area contributed by atoms with Crippen molar-refractivity contribution in [1.29, 1.82) is 0 Å². The van der Waals surface area contributed by atoms with Gasteiger partial charge in [0.15, 0.2) is 0 Å². The summed E-state index contributed by atoms with van der Waals surface area (Å²) in [7, 11) is 0. The van der Waals surface area contributed by atoms with Gasteiger partial charge in [-0.05, 0) is 46.6 Å². The normalized spacial score (nSPS) is 17.4. The molecule has 1 aliphatic heterocycles. The van der Waals surface area contributed by atoms with Gasteiger partial charge >= 0.3 is 0 Å². The van der Waals surface area contributed by atoms with Crippen LogP contribution in [0.25, 0.3) is 0 Å². The van der Waals surface area contributed by atoms with E-state index in [4.69, 9.17) is 0 Å². The molecule has 1 heteroatoms. The van der Waals surface area contributed by atoms with Crippen LogP contribution in [0.1, 0.15) is 56.0 Å². The minimum Gasteiger partial charge on any atom is -0.378 e. The molecule has 1 aliphatic rings. The molecule has 2 aromatic rings. The minimum absolute atomic E-state index is 0.218. The van der Waals surface area contributed by atoms with Crippen molar-refractivity contribution in [2.24, 2.45) is 0 Å². The first kappa shape index (κ1) is 14.2. The SMILES string of the molecule is CCc1ccc(C2Cc3cc(C(C)(C)C)ccc3N2)cc1. The van der Waals surface area contributed by atoms with E-state index in [1.54, 1.807) is 0 Å². The van der Waals surface area contributed by atoms with Crippen molar-refractivity contribution in [3.05, 3.63) is 64.7 Å². The maximum absolute atomic E-state index is 3.67. The summed E-state index contributed by atoms with van der Waals surface area (Å²) in [5, 5.41) is 3.67. The van der Waals surface area contributed by atoms with Gasteiger partial charge in [0, 0.05) is 5.69 Å². The first-order valence-corrected chi connectivity index (χ1v) is 7.96. The summed E-state index contributed by atoms with van der Waals surface area (Å²) >= 11 is 0. The third-order valence-electron chi connectivity index (χ3n) is 4.52. The Balaban J connectivity index is 1.83. The van der Waals surface area contributed by atoms with Crippen molar-refractivity contribution in [2.45, 2.75) is 52.0 Å². The van der Waals surface area contributed by atoms with Gasteiger partial charge in [-0.2, -0.15) is 0 Å². The van der Waals surface area contributed by atoms with Gasteiger partial charge in [-0.1, -0.05) is 64.1 Å². The van der Waals surface area contributed by atoms with Gasteiger partial charge in [0.2, 0.25) is 0 Å². The van der Waals surface area contributed by atoms with Crippen molar-refractivity contribution in [1.82, 2.24) is 0 Å². The van der Waals surface area contributed by atoms with Gasteiger partial charge in [-0.25, -0.2) is 0 Å². The number of anilines is 1. The van der Waals surface area contributed by atoms with Crippen LogP contribution in [0.5, 0.6) is 0 Å². The maximum Gasteiger partial charge on any atom is 0.0555 e. The summed E-state index contributed by atoms with van der Waals surface area (Å²) in [5.74, 6) is 0. The van der Waals surface area contributed by atoms with Crippen molar-refractivity contribution in [2.75, 3.05) is 5.32 Å². The number of hydrogen-bond acceptors (Lipinski definition) is 1. The van der Waals surface area contributed by atoms with Crippen LogP contribution >= 0.6 is 0 Å². The first-order valence-electron chi connectivity index (χ1n) is 7.96. The van der Waals surface area contributed by atoms with Crippen molar-refractivity contribution < 1.29 is 0 Å².